The van der Waals surface area contributed by atoms with Crippen LogP contribution in [0.3, 0.4) is 0 Å². The summed E-state index contributed by atoms with van der Waals surface area (Å²) in [5, 5.41) is 3.43. The van der Waals surface area contributed by atoms with Crippen molar-refractivity contribution in [3.63, 3.8) is 0 Å². The lowest BCUT2D eigenvalue weighted by Gasteiger charge is -2.08. The number of hydrogen-bond donors (Lipinski definition) is 0. The lowest BCUT2D eigenvalue weighted by molar-refractivity contribution is -0.173. The Bertz CT molecular complexity index is 527. The predicted molar refractivity (Wildman–Crippen MR) is 72.3 cm³/mol. The molecule has 0 aliphatic heterocycles. The molecule has 1 rings (SSSR count). The molecule has 20 heavy (non-hydrogen) atoms. The van der Waals surface area contributed by atoms with Gasteiger partial charge < -0.3 is 4.84 Å². The highest BCUT2D eigenvalue weighted by atomic mass is 32.2. The van der Waals surface area contributed by atoms with Gasteiger partial charge in [0.05, 0.1) is 16.5 Å². The van der Waals surface area contributed by atoms with Crippen molar-refractivity contribution in [2.75, 3.05) is 12.4 Å². The summed E-state index contributed by atoms with van der Waals surface area (Å²) >= 11 is 0. The summed E-state index contributed by atoms with van der Waals surface area (Å²) in [6, 6.07) is 5.15. The van der Waals surface area contributed by atoms with E-state index in [1.54, 1.807) is 32.0 Å². The van der Waals surface area contributed by atoms with Crippen LogP contribution in [0.1, 0.15) is 25.0 Å². The molecule has 0 saturated carbocycles. The molecule has 1 aromatic rings. The monoisotopic (exact) mass is 307 g/mol. The summed E-state index contributed by atoms with van der Waals surface area (Å²) in [5.41, 5.74) is 1.77. The zero-order valence-electron chi connectivity index (χ0n) is 11.5. The summed E-state index contributed by atoms with van der Waals surface area (Å²) in [7, 11) is -1.12. The van der Waals surface area contributed by atoms with E-state index < -0.39 is 23.6 Å². The maximum absolute atomic E-state index is 11.9. The van der Waals surface area contributed by atoms with Crippen LogP contribution in [0.25, 0.3) is 0 Å². The number of nitrogens with zero attached hydrogens (tertiary/aromatic N) is 1. The number of oxime groups is 1. The number of aryl methyl sites for hydroxylation is 1. The number of hydrogen-bond acceptors (Lipinski definition) is 3. The van der Waals surface area contributed by atoms with E-state index in [4.69, 9.17) is 0 Å². The van der Waals surface area contributed by atoms with Gasteiger partial charge in [0.25, 0.3) is 0 Å². The third-order valence-corrected chi connectivity index (χ3v) is 4.00. The second kappa shape index (κ2) is 6.88. The van der Waals surface area contributed by atoms with Gasteiger partial charge in [-0.1, -0.05) is 24.2 Å². The second-order valence-electron chi connectivity index (χ2n) is 4.18. The van der Waals surface area contributed by atoms with Crippen LogP contribution in [-0.4, -0.2) is 28.5 Å². The van der Waals surface area contributed by atoms with Crippen LogP contribution in [0.4, 0.5) is 13.2 Å². The van der Waals surface area contributed by atoms with Gasteiger partial charge in [0.15, 0.2) is 0 Å². The Morgan fingerprint density at radius 2 is 2.05 bits per heavy atom. The fraction of sp³-hybridized carbons (Fsp3) is 0.462. The van der Waals surface area contributed by atoms with Gasteiger partial charge in [-0.25, -0.2) is 0 Å². The normalized spacial score (nSPS) is 14.2. The van der Waals surface area contributed by atoms with Crippen molar-refractivity contribution < 1.29 is 22.2 Å². The molecule has 0 aromatic heterocycles. The van der Waals surface area contributed by atoms with E-state index in [1.165, 1.54) is 0 Å². The van der Waals surface area contributed by atoms with Crippen LogP contribution in [-0.2, 0) is 15.6 Å². The first-order valence-corrected chi connectivity index (χ1v) is 7.29. The Kier molecular flexibility index (Phi) is 5.74. The van der Waals surface area contributed by atoms with Crippen LogP contribution < -0.4 is 0 Å². The minimum Gasteiger partial charge on any atom is -0.386 e. The quantitative estimate of drug-likeness (QED) is 0.617. The van der Waals surface area contributed by atoms with Crippen molar-refractivity contribution in [2.45, 2.75) is 31.8 Å². The maximum Gasteiger partial charge on any atom is 0.425 e. The average molecular weight is 307 g/mol. The maximum atomic E-state index is 11.9. The van der Waals surface area contributed by atoms with E-state index in [0.29, 0.717) is 21.9 Å². The Morgan fingerprint density at radius 3 is 2.60 bits per heavy atom. The summed E-state index contributed by atoms with van der Waals surface area (Å²) in [6.45, 7) is 3.75. The van der Waals surface area contributed by atoms with Crippen LogP contribution in [0.2, 0.25) is 0 Å². The van der Waals surface area contributed by atoms with Gasteiger partial charge >= 0.3 is 6.18 Å². The van der Waals surface area contributed by atoms with Crippen molar-refractivity contribution in [1.29, 1.82) is 0 Å². The molecule has 1 aromatic carbocycles. The van der Waals surface area contributed by atoms with Crippen LogP contribution in [0, 0.1) is 6.92 Å². The van der Waals surface area contributed by atoms with Crippen molar-refractivity contribution in [2.24, 2.45) is 5.16 Å². The van der Waals surface area contributed by atoms with Gasteiger partial charge in [-0.15, -0.1) is 0 Å². The molecular weight excluding hydrogens is 291 g/mol. The van der Waals surface area contributed by atoms with Crippen LogP contribution >= 0.6 is 0 Å². The summed E-state index contributed by atoms with van der Waals surface area (Å²) in [5.74, 6) is 0.477. The largest absolute Gasteiger partial charge is 0.425 e. The smallest absolute Gasteiger partial charge is 0.386 e. The summed E-state index contributed by atoms with van der Waals surface area (Å²) < 4.78 is 47.7. The van der Waals surface area contributed by atoms with Gasteiger partial charge in [-0.3, -0.25) is 4.21 Å². The number of alkyl halides is 3. The molecule has 0 aliphatic rings. The Morgan fingerprint density at radius 1 is 1.40 bits per heavy atom. The Balaban J connectivity index is 2.91. The van der Waals surface area contributed by atoms with Gasteiger partial charge in [-0.05, 0) is 25.5 Å². The SMILES string of the molecule is CCS(=O)c1cc(/C(C)=N/OCC(F)(F)F)ccc1C. The summed E-state index contributed by atoms with van der Waals surface area (Å²) in [4.78, 5) is 4.92. The standard InChI is InChI=1S/C13H16F3NO2S/c1-4-20(18)12-7-11(6-5-9(12)2)10(3)17-19-8-13(14,15)16/h5-7H,4,8H2,1-3H3/b17-10+. The van der Waals surface area contributed by atoms with Crippen molar-refractivity contribution >= 4 is 16.5 Å². The lowest BCUT2D eigenvalue weighted by Crippen LogP contribution is -2.15. The van der Waals surface area contributed by atoms with E-state index in [-0.39, 0.29) is 0 Å². The van der Waals surface area contributed by atoms with Crippen molar-refractivity contribution in [3.05, 3.63) is 29.3 Å². The number of rotatable bonds is 5. The topological polar surface area (TPSA) is 38.7 Å². The van der Waals surface area contributed by atoms with Gasteiger partial charge in [0.1, 0.15) is 0 Å². The van der Waals surface area contributed by atoms with Gasteiger partial charge in [0.2, 0.25) is 6.61 Å². The predicted octanol–water partition coefficient (Wildman–Crippen LogP) is 3.43. The minimum atomic E-state index is -4.41. The molecule has 0 radical (unpaired) electrons. The van der Waals surface area contributed by atoms with E-state index >= 15 is 0 Å². The number of benzene rings is 1. The third-order valence-electron chi connectivity index (χ3n) is 2.54. The highest BCUT2D eigenvalue weighted by Gasteiger charge is 2.28. The molecule has 3 nitrogen and oxygen atoms in total. The third kappa shape index (κ3) is 4.96. The molecule has 0 saturated heterocycles. The molecule has 0 amide bonds. The molecule has 1 unspecified atom stereocenters. The zero-order valence-corrected chi connectivity index (χ0v) is 12.3. The zero-order chi connectivity index (χ0) is 15.3. The Hall–Kier alpha value is -1.37. The fourth-order valence-corrected chi connectivity index (χ4v) is 2.48. The summed E-state index contributed by atoms with van der Waals surface area (Å²) in [6.07, 6.45) is -4.41. The fourth-order valence-electron chi connectivity index (χ4n) is 1.48. The van der Waals surface area contributed by atoms with Crippen LogP contribution in [0.5, 0.6) is 0 Å². The minimum absolute atomic E-state index is 0.309. The highest BCUT2D eigenvalue weighted by molar-refractivity contribution is 7.85. The Labute approximate surface area is 118 Å². The molecule has 0 heterocycles. The van der Waals surface area contributed by atoms with Crippen molar-refractivity contribution in [3.8, 4) is 0 Å². The molecular formula is C13H16F3NO2S. The first kappa shape index (κ1) is 16.7. The molecule has 0 spiro atoms. The van der Waals surface area contributed by atoms with E-state index in [9.17, 15) is 17.4 Å². The molecule has 7 heteroatoms. The molecule has 0 fully saturated rings. The molecule has 0 N–H and O–H groups in total. The first-order chi connectivity index (χ1) is 9.24. The van der Waals surface area contributed by atoms with Crippen molar-refractivity contribution in [1.82, 2.24) is 0 Å². The molecule has 1 atom stereocenters. The average Bonchev–Trinajstić information content (AvgIpc) is 2.36. The molecule has 112 valence electrons. The van der Waals surface area contributed by atoms with Gasteiger partial charge in [-0.2, -0.15) is 13.2 Å². The van der Waals surface area contributed by atoms with Gasteiger partial charge in [0, 0.05) is 16.2 Å². The first-order valence-electron chi connectivity index (χ1n) is 5.97. The lowest BCUT2D eigenvalue weighted by atomic mass is 10.1. The van der Waals surface area contributed by atoms with E-state index in [2.05, 4.69) is 9.99 Å². The van der Waals surface area contributed by atoms with E-state index in [1.807, 2.05) is 6.92 Å². The molecule has 0 bridgehead atoms. The molecule has 0 aliphatic carbocycles. The second-order valence-corrected chi connectivity index (χ2v) is 5.89. The highest BCUT2D eigenvalue weighted by Crippen LogP contribution is 2.17. The van der Waals surface area contributed by atoms with E-state index in [0.717, 1.165) is 5.56 Å². The number of halogens is 3. The van der Waals surface area contributed by atoms with Crippen LogP contribution in [0.15, 0.2) is 28.3 Å².